The molecular formula is C14H20ClN3. The highest BCUT2D eigenvalue weighted by atomic mass is 35.5. The summed E-state index contributed by atoms with van der Waals surface area (Å²) in [7, 11) is 0. The largest absolute Gasteiger partial charge is 0.233 e. The molecule has 0 unspecified atom stereocenters. The van der Waals surface area contributed by atoms with Crippen molar-refractivity contribution >= 4 is 17.2 Å². The molecule has 0 saturated heterocycles. The van der Waals surface area contributed by atoms with Crippen molar-refractivity contribution in [1.82, 2.24) is 14.6 Å². The smallest absolute Gasteiger partial charge is 0.157 e. The lowest BCUT2D eigenvalue weighted by atomic mass is 9.93. The molecule has 2 aromatic heterocycles. The minimum absolute atomic E-state index is 0.00917. The highest BCUT2D eigenvalue weighted by Gasteiger charge is 2.19. The second-order valence-corrected chi connectivity index (χ2v) is 6.61. The second kappa shape index (κ2) is 4.54. The van der Waals surface area contributed by atoms with Gasteiger partial charge in [-0.15, -0.1) is 0 Å². The molecule has 3 nitrogen and oxygen atoms in total. The Bertz CT molecular complexity index is 564. The highest BCUT2D eigenvalue weighted by Crippen LogP contribution is 2.24. The SMILES string of the molecule is CC(C)Cc1cc(Cl)n2nc(C(C)(C)C)cc2n1. The lowest BCUT2D eigenvalue weighted by Crippen LogP contribution is -2.11. The Morgan fingerprint density at radius 1 is 1.28 bits per heavy atom. The Morgan fingerprint density at radius 3 is 2.50 bits per heavy atom. The third-order valence-corrected chi connectivity index (χ3v) is 3.09. The Morgan fingerprint density at radius 2 is 1.94 bits per heavy atom. The van der Waals surface area contributed by atoms with Crippen molar-refractivity contribution in [2.45, 2.75) is 46.5 Å². The molecule has 0 aliphatic rings. The second-order valence-electron chi connectivity index (χ2n) is 6.22. The van der Waals surface area contributed by atoms with Gasteiger partial charge >= 0.3 is 0 Å². The Balaban J connectivity index is 2.52. The van der Waals surface area contributed by atoms with Crippen LogP contribution in [0.5, 0.6) is 0 Å². The van der Waals surface area contributed by atoms with Crippen LogP contribution in [0.4, 0.5) is 0 Å². The van der Waals surface area contributed by atoms with E-state index in [9.17, 15) is 0 Å². The third kappa shape index (κ3) is 2.66. The highest BCUT2D eigenvalue weighted by molar-refractivity contribution is 6.29. The fraction of sp³-hybridized carbons (Fsp3) is 0.571. The molecule has 0 fully saturated rings. The molecule has 2 heterocycles. The zero-order chi connectivity index (χ0) is 13.5. The van der Waals surface area contributed by atoms with E-state index >= 15 is 0 Å². The lowest BCUT2D eigenvalue weighted by molar-refractivity contribution is 0.562. The molecule has 18 heavy (non-hydrogen) atoms. The lowest BCUT2D eigenvalue weighted by Gasteiger charge is -2.13. The van der Waals surface area contributed by atoms with Gasteiger partial charge < -0.3 is 0 Å². The zero-order valence-electron chi connectivity index (χ0n) is 11.7. The molecule has 2 aromatic rings. The number of hydrogen-bond acceptors (Lipinski definition) is 2. The van der Waals surface area contributed by atoms with Crippen LogP contribution in [0.25, 0.3) is 5.65 Å². The molecule has 0 bridgehead atoms. The number of aromatic nitrogens is 3. The molecular weight excluding hydrogens is 246 g/mol. The van der Waals surface area contributed by atoms with E-state index < -0.39 is 0 Å². The van der Waals surface area contributed by atoms with E-state index in [2.05, 4.69) is 44.7 Å². The first-order valence-corrected chi connectivity index (χ1v) is 6.71. The van der Waals surface area contributed by atoms with E-state index in [4.69, 9.17) is 11.6 Å². The molecule has 0 saturated carbocycles. The maximum atomic E-state index is 6.27. The minimum Gasteiger partial charge on any atom is -0.233 e. The normalized spacial score (nSPS) is 12.6. The Kier molecular flexibility index (Phi) is 3.37. The van der Waals surface area contributed by atoms with Crippen LogP contribution in [-0.4, -0.2) is 14.6 Å². The summed E-state index contributed by atoms with van der Waals surface area (Å²) in [6.07, 6.45) is 0.937. The van der Waals surface area contributed by atoms with Gasteiger partial charge in [0.15, 0.2) is 5.65 Å². The van der Waals surface area contributed by atoms with Crippen molar-refractivity contribution in [3.63, 3.8) is 0 Å². The maximum Gasteiger partial charge on any atom is 0.157 e. The number of rotatable bonds is 2. The first-order chi connectivity index (χ1) is 8.27. The summed E-state index contributed by atoms with van der Waals surface area (Å²) >= 11 is 6.27. The summed E-state index contributed by atoms with van der Waals surface area (Å²) in [5.74, 6) is 0.570. The first-order valence-electron chi connectivity index (χ1n) is 6.33. The molecule has 0 aliphatic heterocycles. The number of fused-ring (bicyclic) bond motifs is 1. The van der Waals surface area contributed by atoms with Crippen LogP contribution in [0.3, 0.4) is 0 Å². The molecule has 0 atom stereocenters. The van der Waals surface area contributed by atoms with Crippen molar-refractivity contribution in [1.29, 1.82) is 0 Å². The fourth-order valence-corrected chi connectivity index (χ4v) is 2.13. The zero-order valence-corrected chi connectivity index (χ0v) is 12.4. The van der Waals surface area contributed by atoms with Crippen molar-refractivity contribution < 1.29 is 0 Å². The molecule has 4 heteroatoms. The summed E-state index contributed by atoms with van der Waals surface area (Å²) < 4.78 is 1.71. The molecule has 0 spiro atoms. The molecule has 0 aromatic carbocycles. The predicted molar refractivity (Wildman–Crippen MR) is 75.2 cm³/mol. The van der Waals surface area contributed by atoms with E-state index in [0.717, 1.165) is 23.5 Å². The average Bonchev–Trinajstić information content (AvgIpc) is 2.59. The Hall–Kier alpha value is -1.09. The number of halogens is 1. The van der Waals surface area contributed by atoms with Gasteiger partial charge in [0.1, 0.15) is 5.15 Å². The summed E-state index contributed by atoms with van der Waals surface area (Å²) in [6.45, 7) is 10.8. The van der Waals surface area contributed by atoms with Crippen LogP contribution in [0.2, 0.25) is 5.15 Å². The van der Waals surface area contributed by atoms with Crippen LogP contribution in [-0.2, 0) is 11.8 Å². The first kappa shape index (κ1) is 13.3. The number of nitrogens with zero attached hydrogens (tertiary/aromatic N) is 3. The Labute approximate surface area is 113 Å². The van der Waals surface area contributed by atoms with Crippen molar-refractivity contribution in [3.8, 4) is 0 Å². The summed E-state index contributed by atoms with van der Waals surface area (Å²) in [6, 6.07) is 3.93. The van der Waals surface area contributed by atoms with Crippen molar-refractivity contribution in [3.05, 3.63) is 28.7 Å². The van der Waals surface area contributed by atoms with Crippen molar-refractivity contribution in [2.24, 2.45) is 5.92 Å². The van der Waals surface area contributed by atoms with Gasteiger partial charge in [-0.05, 0) is 18.4 Å². The van der Waals surface area contributed by atoms with Gasteiger partial charge in [0.25, 0.3) is 0 Å². The van der Waals surface area contributed by atoms with Crippen molar-refractivity contribution in [2.75, 3.05) is 0 Å². The minimum atomic E-state index is 0.00917. The molecule has 0 radical (unpaired) electrons. The van der Waals surface area contributed by atoms with Crippen LogP contribution in [0.1, 0.15) is 46.0 Å². The third-order valence-electron chi connectivity index (χ3n) is 2.82. The summed E-state index contributed by atoms with van der Waals surface area (Å²) in [4.78, 5) is 4.63. The molecule has 98 valence electrons. The van der Waals surface area contributed by atoms with Gasteiger partial charge in [-0.3, -0.25) is 0 Å². The van der Waals surface area contributed by atoms with E-state index in [1.165, 1.54) is 0 Å². The molecule has 0 N–H and O–H groups in total. The molecule has 0 amide bonds. The topological polar surface area (TPSA) is 30.2 Å². The standard InChI is InChI=1S/C14H20ClN3/c1-9(2)6-10-7-12(15)18-13(16-10)8-11(17-18)14(3,4)5/h7-9H,6H2,1-5H3. The van der Waals surface area contributed by atoms with Gasteiger partial charge in [0.2, 0.25) is 0 Å². The summed E-state index contributed by atoms with van der Waals surface area (Å²) in [5.41, 5.74) is 2.89. The average molecular weight is 266 g/mol. The van der Waals surface area contributed by atoms with Crippen LogP contribution in [0.15, 0.2) is 12.1 Å². The van der Waals surface area contributed by atoms with E-state index in [1.807, 2.05) is 12.1 Å². The number of hydrogen-bond donors (Lipinski definition) is 0. The van der Waals surface area contributed by atoms with Gasteiger partial charge in [-0.25, -0.2) is 9.50 Å². The van der Waals surface area contributed by atoms with Crippen LogP contribution >= 0.6 is 11.6 Å². The monoisotopic (exact) mass is 265 g/mol. The van der Waals surface area contributed by atoms with Gasteiger partial charge in [0.05, 0.1) is 5.69 Å². The quantitative estimate of drug-likeness (QED) is 0.772. The van der Waals surface area contributed by atoms with E-state index in [-0.39, 0.29) is 5.41 Å². The van der Waals surface area contributed by atoms with Gasteiger partial charge in [-0.2, -0.15) is 5.10 Å². The van der Waals surface area contributed by atoms with Crippen LogP contribution in [0, 0.1) is 5.92 Å². The molecule has 0 aliphatic carbocycles. The van der Waals surface area contributed by atoms with E-state index in [1.54, 1.807) is 4.52 Å². The van der Waals surface area contributed by atoms with Crippen LogP contribution < -0.4 is 0 Å². The van der Waals surface area contributed by atoms with Gasteiger partial charge in [0, 0.05) is 17.2 Å². The fourth-order valence-electron chi connectivity index (χ4n) is 1.88. The maximum absolute atomic E-state index is 6.27. The van der Waals surface area contributed by atoms with Gasteiger partial charge in [-0.1, -0.05) is 46.2 Å². The van der Waals surface area contributed by atoms with E-state index in [0.29, 0.717) is 11.1 Å². The summed E-state index contributed by atoms with van der Waals surface area (Å²) in [5, 5.41) is 5.16. The predicted octanol–water partition coefficient (Wildman–Crippen LogP) is 3.88. The molecule has 2 rings (SSSR count).